The average Bonchev–Trinajstić information content (AvgIpc) is 2.98. The number of carbonyl (C=O) groups is 2. The van der Waals surface area contributed by atoms with Crippen molar-refractivity contribution in [2.45, 2.75) is 59.9 Å². The molecule has 5 heteroatoms. The summed E-state index contributed by atoms with van der Waals surface area (Å²) < 4.78 is 5.50. The summed E-state index contributed by atoms with van der Waals surface area (Å²) in [6, 6.07) is 13.5. The van der Waals surface area contributed by atoms with E-state index in [4.69, 9.17) is 4.74 Å². The van der Waals surface area contributed by atoms with Gasteiger partial charge >= 0.3 is 5.97 Å². The van der Waals surface area contributed by atoms with Crippen LogP contribution in [0, 0.1) is 24.7 Å². The number of aryl methyl sites for hydroxylation is 1. The predicted octanol–water partition coefficient (Wildman–Crippen LogP) is 5.63. The highest BCUT2D eigenvalue weighted by Crippen LogP contribution is 2.52. The van der Waals surface area contributed by atoms with Crippen LogP contribution in [0.5, 0.6) is 0 Å². The molecular weight excluding hydrogens is 400 g/mol. The molecule has 1 amide bonds. The van der Waals surface area contributed by atoms with Gasteiger partial charge in [0.05, 0.1) is 11.3 Å². The molecule has 0 aromatic heterocycles. The van der Waals surface area contributed by atoms with E-state index in [1.54, 1.807) is 12.1 Å². The second kappa shape index (κ2) is 8.27. The van der Waals surface area contributed by atoms with Gasteiger partial charge in [0.1, 0.15) is 0 Å². The van der Waals surface area contributed by atoms with Gasteiger partial charge in [-0.25, -0.2) is 4.79 Å². The number of amides is 1. The molecule has 0 radical (unpaired) electrons. The Morgan fingerprint density at radius 3 is 2.53 bits per heavy atom. The van der Waals surface area contributed by atoms with E-state index in [1.165, 1.54) is 5.56 Å². The number of ether oxygens (including phenoxy) is 1. The zero-order valence-electron chi connectivity index (χ0n) is 19.8. The first-order valence-corrected chi connectivity index (χ1v) is 11.5. The van der Waals surface area contributed by atoms with Crippen molar-refractivity contribution in [3.8, 4) is 0 Å². The van der Waals surface area contributed by atoms with Gasteiger partial charge in [-0.05, 0) is 73.3 Å². The maximum Gasteiger partial charge on any atom is 0.340 e. The van der Waals surface area contributed by atoms with Crippen LogP contribution in [0.1, 0.15) is 61.5 Å². The number of esters is 1. The van der Waals surface area contributed by atoms with E-state index in [9.17, 15) is 9.59 Å². The van der Waals surface area contributed by atoms with Crippen LogP contribution in [0.25, 0.3) is 0 Å². The first kappa shape index (κ1) is 22.4. The van der Waals surface area contributed by atoms with Crippen LogP contribution in [-0.2, 0) is 9.53 Å². The molecule has 2 fully saturated rings. The molecule has 5 nitrogen and oxygen atoms in total. The van der Waals surface area contributed by atoms with E-state index >= 15 is 0 Å². The van der Waals surface area contributed by atoms with Crippen molar-refractivity contribution >= 4 is 23.3 Å². The molecule has 2 atom stereocenters. The molecule has 1 N–H and O–H groups in total. The van der Waals surface area contributed by atoms with Crippen molar-refractivity contribution in [3.05, 3.63) is 59.2 Å². The molecule has 4 rings (SSSR count). The number of para-hydroxylation sites is 1. The number of fused-ring (bicyclic) bond motifs is 2. The fraction of sp³-hybridized carbons (Fsp3) is 0.481. The number of likely N-dealkylation sites (tertiary alicyclic amines) is 1. The smallest absolute Gasteiger partial charge is 0.340 e. The zero-order valence-corrected chi connectivity index (χ0v) is 19.8. The van der Waals surface area contributed by atoms with E-state index in [0.717, 1.165) is 37.1 Å². The van der Waals surface area contributed by atoms with Gasteiger partial charge in [-0.15, -0.1) is 0 Å². The number of benzene rings is 2. The standard InChI is InChI=1S/C27H34N2O3/c1-18-9-8-12-22(19(18)2)28-23-11-7-6-10-21(23)25(31)32-15-24(30)29-17-27(5)14-20(29)13-26(3,4)16-27/h6-12,20,28H,13-17H2,1-5H3. The summed E-state index contributed by atoms with van der Waals surface area (Å²) in [6.07, 6.45) is 3.17. The molecule has 2 unspecified atom stereocenters. The SMILES string of the molecule is Cc1cccc(Nc2ccccc2C(=O)OCC(=O)N2CC3(C)CC2CC(C)(C)C3)c1C. The van der Waals surface area contributed by atoms with E-state index in [0.29, 0.717) is 11.3 Å². The van der Waals surface area contributed by atoms with Gasteiger partial charge in [0.15, 0.2) is 6.61 Å². The van der Waals surface area contributed by atoms with Gasteiger partial charge in [0, 0.05) is 18.3 Å². The summed E-state index contributed by atoms with van der Waals surface area (Å²) in [5.41, 5.74) is 4.74. The molecule has 170 valence electrons. The number of carbonyl (C=O) groups excluding carboxylic acids is 2. The number of hydrogen-bond acceptors (Lipinski definition) is 4. The van der Waals surface area contributed by atoms with Crippen molar-refractivity contribution in [1.29, 1.82) is 0 Å². The molecule has 1 heterocycles. The quantitative estimate of drug-likeness (QED) is 0.620. The first-order chi connectivity index (χ1) is 15.1. The maximum atomic E-state index is 13.0. The van der Waals surface area contributed by atoms with E-state index in [-0.39, 0.29) is 29.4 Å². The molecule has 0 spiro atoms. The highest BCUT2D eigenvalue weighted by Gasteiger charge is 2.50. The third-order valence-electron chi connectivity index (χ3n) is 7.08. The van der Waals surface area contributed by atoms with Gasteiger partial charge in [0.25, 0.3) is 5.91 Å². The monoisotopic (exact) mass is 434 g/mol. The lowest BCUT2D eigenvalue weighted by Crippen LogP contribution is -2.39. The first-order valence-electron chi connectivity index (χ1n) is 11.5. The van der Waals surface area contributed by atoms with Crippen molar-refractivity contribution < 1.29 is 14.3 Å². The molecule has 2 bridgehead atoms. The van der Waals surface area contributed by atoms with E-state index < -0.39 is 5.97 Å². The molecule has 1 saturated heterocycles. The molecule has 2 aromatic carbocycles. The van der Waals surface area contributed by atoms with Crippen molar-refractivity contribution in [2.75, 3.05) is 18.5 Å². The van der Waals surface area contributed by atoms with Crippen LogP contribution in [0.3, 0.4) is 0 Å². The van der Waals surface area contributed by atoms with Crippen molar-refractivity contribution in [1.82, 2.24) is 4.90 Å². The minimum absolute atomic E-state index is 0.0928. The van der Waals surface area contributed by atoms with E-state index in [1.807, 2.05) is 36.1 Å². The Labute approximate surface area is 191 Å². The minimum atomic E-state index is -0.486. The lowest BCUT2D eigenvalue weighted by molar-refractivity contribution is -0.135. The van der Waals surface area contributed by atoms with Gasteiger partial charge in [-0.2, -0.15) is 0 Å². The molecule has 32 heavy (non-hydrogen) atoms. The van der Waals surface area contributed by atoms with Crippen LogP contribution in [0.15, 0.2) is 42.5 Å². The Balaban J connectivity index is 1.43. The van der Waals surface area contributed by atoms with Crippen molar-refractivity contribution in [3.63, 3.8) is 0 Å². The van der Waals surface area contributed by atoms with Crippen LogP contribution in [0.4, 0.5) is 11.4 Å². The van der Waals surface area contributed by atoms with Gasteiger partial charge in [0.2, 0.25) is 0 Å². The molecule has 1 aliphatic heterocycles. The Hall–Kier alpha value is -2.82. The summed E-state index contributed by atoms with van der Waals surface area (Å²) in [5.74, 6) is -0.579. The summed E-state index contributed by atoms with van der Waals surface area (Å²) in [4.78, 5) is 27.8. The summed E-state index contributed by atoms with van der Waals surface area (Å²) in [7, 11) is 0. The Bertz CT molecular complexity index is 1040. The largest absolute Gasteiger partial charge is 0.452 e. The predicted molar refractivity (Wildman–Crippen MR) is 127 cm³/mol. The van der Waals surface area contributed by atoms with Crippen LogP contribution in [-0.4, -0.2) is 36.0 Å². The van der Waals surface area contributed by atoms with Gasteiger partial charge in [-0.1, -0.05) is 45.0 Å². The highest BCUT2D eigenvalue weighted by molar-refractivity contribution is 5.97. The second-order valence-electron chi connectivity index (χ2n) is 10.7. The maximum absolute atomic E-state index is 13.0. The minimum Gasteiger partial charge on any atom is -0.452 e. The summed E-state index contributed by atoms with van der Waals surface area (Å²) >= 11 is 0. The van der Waals surface area contributed by atoms with Crippen LogP contribution in [0.2, 0.25) is 0 Å². The summed E-state index contributed by atoms with van der Waals surface area (Å²) in [5, 5.41) is 3.35. The van der Waals surface area contributed by atoms with Crippen LogP contribution >= 0.6 is 0 Å². The number of anilines is 2. The third-order valence-corrected chi connectivity index (χ3v) is 7.08. The Morgan fingerprint density at radius 2 is 1.75 bits per heavy atom. The number of hydrogen-bond donors (Lipinski definition) is 1. The lowest BCUT2D eigenvalue weighted by atomic mass is 9.65. The zero-order chi connectivity index (χ0) is 23.1. The molecular formula is C27H34N2O3. The average molecular weight is 435 g/mol. The second-order valence-corrected chi connectivity index (χ2v) is 10.7. The molecule has 2 aliphatic rings. The normalized spacial score (nSPS) is 23.7. The molecule has 1 aliphatic carbocycles. The van der Waals surface area contributed by atoms with Gasteiger partial charge in [-0.3, -0.25) is 4.79 Å². The van der Waals surface area contributed by atoms with Gasteiger partial charge < -0.3 is 15.0 Å². The number of rotatable bonds is 5. The van der Waals surface area contributed by atoms with Crippen molar-refractivity contribution in [2.24, 2.45) is 10.8 Å². The fourth-order valence-electron chi connectivity index (χ4n) is 5.84. The fourth-order valence-corrected chi connectivity index (χ4v) is 5.84. The topological polar surface area (TPSA) is 58.6 Å². The number of nitrogens with one attached hydrogen (secondary N) is 1. The number of nitrogens with zero attached hydrogens (tertiary/aromatic N) is 1. The lowest BCUT2D eigenvalue weighted by Gasteiger charge is -2.39. The Kier molecular flexibility index (Phi) is 5.78. The highest BCUT2D eigenvalue weighted by atomic mass is 16.5. The summed E-state index contributed by atoms with van der Waals surface area (Å²) in [6.45, 7) is 11.5. The molecule has 2 aromatic rings. The van der Waals surface area contributed by atoms with Crippen LogP contribution < -0.4 is 5.32 Å². The van der Waals surface area contributed by atoms with E-state index in [2.05, 4.69) is 39.1 Å². The Morgan fingerprint density at radius 1 is 1.03 bits per heavy atom. The molecule has 1 saturated carbocycles. The third kappa shape index (κ3) is 4.52.